The number of nitrogens with zero attached hydrogens (tertiary/aromatic N) is 1. The Labute approximate surface area is 127 Å². The Morgan fingerprint density at radius 3 is 2.57 bits per heavy atom. The molecular formula is C17H26N2O2. The van der Waals surface area contributed by atoms with Crippen molar-refractivity contribution in [3.63, 3.8) is 0 Å². The summed E-state index contributed by atoms with van der Waals surface area (Å²) in [6.45, 7) is 10.2. The quantitative estimate of drug-likeness (QED) is 0.930. The molecular weight excluding hydrogens is 264 g/mol. The molecule has 4 nitrogen and oxygen atoms in total. The predicted molar refractivity (Wildman–Crippen MR) is 84.0 cm³/mol. The maximum Gasteiger partial charge on any atom is 0.410 e. The molecule has 0 saturated carbocycles. The van der Waals surface area contributed by atoms with E-state index in [2.05, 4.69) is 24.4 Å². The lowest BCUT2D eigenvalue weighted by Crippen LogP contribution is -2.38. The Balaban J connectivity index is 1.85. The highest BCUT2D eigenvalue weighted by molar-refractivity contribution is 5.68. The van der Waals surface area contributed by atoms with Gasteiger partial charge >= 0.3 is 6.09 Å². The largest absolute Gasteiger partial charge is 0.444 e. The van der Waals surface area contributed by atoms with Crippen LogP contribution in [0.25, 0.3) is 0 Å². The van der Waals surface area contributed by atoms with Crippen LogP contribution in [0.3, 0.4) is 0 Å². The number of carbonyl (C=O) groups excluding carboxylic acids is 1. The van der Waals surface area contributed by atoms with Gasteiger partial charge in [-0.1, -0.05) is 37.3 Å². The van der Waals surface area contributed by atoms with Gasteiger partial charge in [-0.3, -0.25) is 0 Å². The molecule has 1 fully saturated rings. The van der Waals surface area contributed by atoms with Gasteiger partial charge in [0.15, 0.2) is 0 Å². The molecule has 1 amide bonds. The fraction of sp³-hybridized carbons (Fsp3) is 0.588. The van der Waals surface area contributed by atoms with Crippen LogP contribution in [0.15, 0.2) is 30.3 Å². The van der Waals surface area contributed by atoms with E-state index in [4.69, 9.17) is 4.74 Å². The first-order chi connectivity index (χ1) is 9.85. The Morgan fingerprint density at radius 2 is 1.95 bits per heavy atom. The normalized spacial score (nSPS) is 22.4. The number of hydrogen-bond acceptors (Lipinski definition) is 3. The molecule has 1 aliphatic heterocycles. The minimum atomic E-state index is -0.435. The average molecular weight is 290 g/mol. The summed E-state index contributed by atoms with van der Waals surface area (Å²) >= 11 is 0. The third-order valence-electron chi connectivity index (χ3n) is 3.68. The van der Waals surface area contributed by atoms with Gasteiger partial charge in [-0.05, 0) is 32.3 Å². The van der Waals surface area contributed by atoms with E-state index in [0.717, 1.165) is 13.1 Å². The van der Waals surface area contributed by atoms with Crippen molar-refractivity contribution in [2.45, 2.75) is 45.9 Å². The topological polar surface area (TPSA) is 41.6 Å². The fourth-order valence-corrected chi connectivity index (χ4v) is 2.55. The highest BCUT2D eigenvalue weighted by Gasteiger charge is 2.34. The SMILES string of the molecule is CC1CN(C(=O)OC(C)(C)C)CC1NCc1ccccc1. The highest BCUT2D eigenvalue weighted by atomic mass is 16.6. The molecule has 4 heteroatoms. The van der Waals surface area contributed by atoms with Crippen LogP contribution in [0, 0.1) is 5.92 Å². The lowest BCUT2D eigenvalue weighted by Gasteiger charge is -2.24. The van der Waals surface area contributed by atoms with Gasteiger partial charge in [-0.15, -0.1) is 0 Å². The van der Waals surface area contributed by atoms with E-state index in [0.29, 0.717) is 18.5 Å². The first-order valence-corrected chi connectivity index (χ1v) is 7.60. The summed E-state index contributed by atoms with van der Waals surface area (Å²) in [6, 6.07) is 10.6. The second-order valence-electron chi connectivity index (χ2n) is 6.84. The number of amides is 1. The van der Waals surface area contributed by atoms with E-state index in [1.807, 2.05) is 39.0 Å². The minimum Gasteiger partial charge on any atom is -0.444 e. The molecule has 0 spiro atoms. The van der Waals surface area contributed by atoms with Crippen molar-refractivity contribution < 1.29 is 9.53 Å². The molecule has 0 aliphatic carbocycles. The van der Waals surface area contributed by atoms with Crippen LogP contribution >= 0.6 is 0 Å². The summed E-state index contributed by atoms with van der Waals surface area (Å²) < 4.78 is 5.44. The zero-order chi connectivity index (χ0) is 15.5. The molecule has 1 heterocycles. The molecule has 2 rings (SSSR count). The zero-order valence-corrected chi connectivity index (χ0v) is 13.4. The number of nitrogens with one attached hydrogen (secondary N) is 1. The highest BCUT2D eigenvalue weighted by Crippen LogP contribution is 2.20. The molecule has 1 saturated heterocycles. The second-order valence-corrected chi connectivity index (χ2v) is 6.84. The van der Waals surface area contributed by atoms with Gasteiger partial charge in [0, 0.05) is 25.7 Å². The van der Waals surface area contributed by atoms with Crippen LogP contribution in [0.2, 0.25) is 0 Å². The summed E-state index contributed by atoms with van der Waals surface area (Å²) in [7, 11) is 0. The Morgan fingerprint density at radius 1 is 1.29 bits per heavy atom. The number of likely N-dealkylation sites (tertiary alicyclic amines) is 1. The first-order valence-electron chi connectivity index (χ1n) is 7.60. The van der Waals surface area contributed by atoms with Crippen molar-refractivity contribution >= 4 is 6.09 Å². The Kier molecular flexibility index (Phi) is 4.88. The number of hydrogen-bond donors (Lipinski definition) is 1. The maximum absolute atomic E-state index is 12.1. The van der Waals surface area contributed by atoms with Gasteiger partial charge in [0.2, 0.25) is 0 Å². The number of rotatable bonds is 3. The molecule has 1 N–H and O–H groups in total. The van der Waals surface area contributed by atoms with E-state index in [1.54, 1.807) is 4.90 Å². The Bertz CT molecular complexity index is 467. The van der Waals surface area contributed by atoms with Crippen LogP contribution in [-0.4, -0.2) is 35.7 Å². The van der Waals surface area contributed by atoms with Crippen LogP contribution in [0.5, 0.6) is 0 Å². The van der Waals surface area contributed by atoms with Gasteiger partial charge in [-0.25, -0.2) is 4.79 Å². The standard InChI is InChI=1S/C17H26N2O2/c1-13-11-19(16(20)21-17(2,3)4)12-15(13)18-10-14-8-6-5-7-9-14/h5-9,13,15,18H,10-12H2,1-4H3. The van der Waals surface area contributed by atoms with Gasteiger partial charge in [0.1, 0.15) is 5.60 Å². The summed E-state index contributed by atoms with van der Waals surface area (Å²) in [5, 5.41) is 3.55. The van der Waals surface area contributed by atoms with Crippen molar-refractivity contribution in [1.82, 2.24) is 10.2 Å². The zero-order valence-electron chi connectivity index (χ0n) is 13.4. The number of carbonyl (C=O) groups is 1. The van der Waals surface area contributed by atoms with E-state index in [9.17, 15) is 4.79 Å². The molecule has 116 valence electrons. The second kappa shape index (κ2) is 6.48. The molecule has 1 aliphatic rings. The summed E-state index contributed by atoms with van der Waals surface area (Å²) in [5.41, 5.74) is 0.830. The molecule has 0 bridgehead atoms. The lowest BCUT2D eigenvalue weighted by atomic mass is 10.1. The molecule has 2 unspecified atom stereocenters. The van der Waals surface area contributed by atoms with Gasteiger partial charge in [0.25, 0.3) is 0 Å². The van der Waals surface area contributed by atoms with Crippen molar-refractivity contribution in [2.24, 2.45) is 5.92 Å². The average Bonchev–Trinajstić information content (AvgIpc) is 2.77. The molecule has 21 heavy (non-hydrogen) atoms. The summed E-state index contributed by atoms with van der Waals surface area (Å²) in [6.07, 6.45) is -0.210. The van der Waals surface area contributed by atoms with Crippen molar-refractivity contribution in [2.75, 3.05) is 13.1 Å². The molecule has 0 aromatic heterocycles. The number of ether oxygens (including phenoxy) is 1. The minimum absolute atomic E-state index is 0.210. The molecule has 1 aromatic rings. The van der Waals surface area contributed by atoms with Crippen LogP contribution in [0.4, 0.5) is 4.79 Å². The van der Waals surface area contributed by atoms with E-state index in [1.165, 1.54) is 5.56 Å². The van der Waals surface area contributed by atoms with E-state index < -0.39 is 5.60 Å². The molecule has 0 radical (unpaired) electrons. The first kappa shape index (κ1) is 15.8. The van der Waals surface area contributed by atoms with Crippen molar-refractivity contribution in [1.29, 1.82) is 0 Å². The van der Waals surface area contributed by atoms with Gasteiger partial charge in [0.05, 0.1) is 0 Å². The maximum atomic E-state index is 12.1. The van der Waals surface area contributed by atoms with Crippen LogP contribution in [0.1, 0.15) is 33.3 Å². The molecule has 1 aromatic carbocycles. The molecule has 2 atom stereocenters. The lowest BCUT2D eigenvalue weighted by molar-refractivity contribution is 0.0286. The smallest absolute Gasteiger partial charge is 0.410 e. The van der Waals surface area contributed by atoms with Crippen LogP contribution < -0.4 is 5.32 Å². The monoisotopic (exact) mass is 290 g/mol. The summed E-state index contributed by atoms with van der Waals surface area (Å²) in [5.74, 6) is 0.432. The van der Waals surface area contributed by atoms with Gasteiger partial charge in [-0.2, -0.15) is 0 Å². The third kappa shape index (κ3) is 4.74. The van der Waals surface area contributed by atoms with Gasteiger partial charge < -0.3 is 15.0 Å². The third-order valence-corrected chi connectivity index (χ3v) is 3.68. The predicted octanol–water partition coefficient (Wildman–Crippen LogP) is 3.03. The van der Waals surface area contributed by atoms with Crippen molar-refractivity contribution in [3.8, 4) is 0 Å². The fourth-order valence-electron chi connectivity index (χ4n) is 2.55. The van der Waals surface area contributed by atoms with E-state index >= 15 is 0 Å². The number of benzene rings is 1. The summed E-state index contributed by atoms with van der Waals surface area (Å²) in [4.78, 5) is 13.9. The van der Waals surface area contributed by atoms with Crippen molar-refractivity contribution in [3.05, 3.63) is 35.9 Å². The van der Waals surface area contributed by atoms with E-state index in [-0.39, 0.29) is 6.09 Å². The van der Waals surface area contributed by atoms with Crippen LogP contribution in [-0.2, 0) is 11.3 Å². The Hall–Kier alpha value is -1.55.